The number of halogens is 1. The number of aromatic amines is 1. The zero-order valence-corrected chi connectivity index (χ0v) is 13.5. The van der Waals surface area contributed by atoms with Gasteiger partial charge in [0.1, 0.15) is 0 Å². The molecule has 1 aromatic heterocycles. The molecule has 0 bridgehead atoms. The van der Waals surface area contributed by atoms with Crippen molar-refractivity contribution in [3.8, 4) is 5.75 Å². The number of hydrogen-bond donors (Lipinski definition) is 2. The summed E-state index contributed by atoms with van der Waals surface area (Å²) >= 11 is 3.29. The monoisotopic (exact) mass is 388 g/mol. The third-order valence-corrected chi connectivity index (χ3v) is 3.78. The maximum atomic E-state index is 12.1. The lowest BCUT2D eigenvalue weighted by Gasteiger charge is -2.03. The Balaban J connectivity index is 2.08. The molecule has 0 aliphatic heterocycles. The van der Waals surface area contributed by atoms with Crippen LogP contribution in [-0.4, -0.2) is 15.0 Å². The summed E-state index contributed by atoms with van der Waals surface area (Å²) in [5.74, 6) is -0.385. The molecule has 24 heavy (non-hydrogen) atoms. The van der Waals surface area contributed by atoms with Gasteiger partial charge in [0.15, 0.2) is 11.4 Å². The van der Waals surface area contributed by atoms with Gasteiger partial charge >= 0.3 is 0 Å². The molecule has 120 valence electrons. The van der Waals surface area contributed by atoms with E-state index in [1.165, 1.54) is 18.2 Å². The molecule has 0 spiro atoms. The number of azo groups is 1. The molecule has 0 fully saturated rings. The Kier molecular flexibility index (Phi) is 4.09. The first kappa shape index (κ1) is 15.8. The van der Waals surface area contributed by atoms with E-state index in [2.05, 4.69) is 31.1 Å². The van der Waals surface area contributed by atoms with E-state index in [9.17, 15) is 20.0 Å². The number of nitro groups is 1. The van der Waals surface area contributed by atoms with Gasteiger partial charge in [-0.05, 0) is 30.3 Å². The average Bonchev–Trinajstić information content (AvgIpc) is 2.55. The predicted molar refractivity (Wildman–Crippen MR) is 91.2 cm³/mol. The molecule has 0 unspecified atom stereocenters. The second kappa shape index (κ2) is 6.20. The first-order chi connectivity index (χ1) is 11.5. The average molecular weight is 389 g/mol. The van der Waals surface area contributed by atoms with Crippen LogP contribution in [0.3, 0.4) is 0 Å². The molecule has 3 aromatic rings. The van der Waals surface area contributed by atoms with Crippen LogP contribution < -0.4 is 5.56 Å². The number of nitrogens with zero attached hydrogens (tertiary/aromatic N) is 3. The highest BCUT2D eigenvalue weighted by atomic mass is 79.9. The van der Waals surface area contributed by atoms with Crippen molar-refractivity contribution < 1.29 is 10.0 Å². The Bertz CT molecular complexity index is 1030. The van der Waals surface area contributed by atoms with Crippen molar-refractivity contribution in [1.29, 1.82) is 0 Å². The van der Waals surface area contributed by atoms with Gasteiger partial charge in [-0.2, -0.15) is 5.11 Å². The number of nitrogens with one attached hydrogen (secondary N) is 1. The molecular weight excluding hydrogens is 380 g/mol. The number of pyridine rings is 1. The maximum Gasteiger partial charge on any atom is 0.280 e. The Morgan fingerprint density at radius 1 is 1.12 bits per heavy atom. The largest absolute Gasteiger partial charge is 0.505 e. The zero-order chi connectivity index (χ0) is 17.3. The Morgan fingerprint density at radius 3 is 2.50 bits per heavy atom. The number of H-pyrrole nitrogens is 1. The number of fused-ring (bicyclic) bond motifs is 1. The van der Waals surface area contributed by atoms with Crippen LogP contribution in [0.5, 0.6) is 5.75 Å². The van der Waals surface area contributed by atoms with Crippen LogP contribution in [-0.2, 0) is 0 Å². The zero-order valence-electron chi connectivity index (χ0n) is 11.9. The summed E-state index contributed by atoms with van der Waals surface area (Å²) in [7, 11) is 0. The van der Waals surface area contributed by atoms with Crippen molar-refractivity contribution in [3.63, 3.8) is 0 Å². The van der Waals surface area contributed by atoms with Gasteiger partial charge in [-0.3, -0.25) is 14.9 Å². The minimum absolute atomic E-state index is 0.147. The minimum atomic E-state index is -0.693. The third-order valence-electron chi connectivity index (χ3n) is 3.25. The van der Waals surface area contributed by atoms with Crippen molar-refractivity contribution in [2.24, 2.45) is 10.2 Å². The van der Waals surface area contributed by atoms with Crippen LogP contribution in [0.15, 0.2) is 62.0 Å². The molecule has 0 radical (unpaired) electrons. The summed E-state index contributed by atoms with van der Waals surface area (Å²) in [4.78, 5) is 24.7. The maximum absolute atomic E-state index is 12.1. The van der Waals surface area contributed by atoms with Gasteiger partial charge in [0.05, 0.1) is 16.1 Å². The molecule has 0 saturated heterocycles. The van der Waals surface area contributed by atoms with Gasteiger partial charge in [0.25, 0.3) is 11.2 Å². The van der Waals surface area contributed by atoms with Crippen LogP contribution in [0.4, 0.5) is 17.1 Å². The first-order valence-electron chi connectivity index (χ1n) is 6.66. The molecule has 2 N–H and O–H groups in total. The number of nitro benzene ring substituents is 1. The number of aromatic nitrogens is 1. The highest BCUT2D eigenvalue weighted by Crippen LogP contribution is 2.33. The fraction of sp³-hybridized carbons (Fsp3) is 0. The van der Waals surface area contributed by atoms with E-state index in [4.69, 9.17) is 0 Å². The fourth-order valence-corrected chi connectivity index (χ4v) is 2.34. The van der Waals surface area contributed by atoms with Gasteiger partial charge in [-0.1, -0.05) is 15.9 Å². The van der Waals surface area contributed by atoms with Crippen LogP contribution in [0.2, 0.25) is 0 Å². The Morgan fingerprint density at radius 2 is 1.83 bits per heavy atom. The fourth-order valence-electron chi connectivity index (χ4n) is 2.08. The Hall–Kier alpha value is -3.07. The van der Waals surface area contributed by atoms with E-state index in [1.54, 1.807) is 24.3 Å². The van der Waals surface area contributed by atoms with Crippen LogP contribution >= 0.6 is 15.9 Å². The topological polar surface area (TPSA) is 121 Å². The summed E-state index contributed by atoms with van der Waals surface area (Å²) in [6.07, 6.45) is 0. The lowest BCUT2D eigenvalue weighted by molar-refractivity contribution is -0.384. The van der Waals surface area contributed by atoms with E-state index in [0.717, 1.165) is 4.47 Å². The van der Waals surface area contributed by atoms with Crippen molar-refractivity contribution in [2.45, 2.75) is 0 Å². The molecule has 1 heterocycles. The predicted octanol–water partition coefficient (Wildman–Crippen LogP) is 4.32. The van der Waals surface area contributed by atoms with Crippen LogP contribution in [0, 0.1) is 10.1 Å². The molecule has 8 nitrogen and oxygen atoms in total. The summed E-state index contributed by atoms with van der Waals surface area (Å²) in [5.41, 5.74) is -0.502. The second-order valence-corrected chi connectivity index (χ2v) is 5.73. The molecule has 0 amide bonds. The molecule has 9 heteroatoms. The summed E-state index contributed by atoms with van der Waals surface area (Å²) in [5, 5.41) is 29.0. The number of hydrogen-bond acceptors (Lipinski definition) is 6. The lowest BCUT2D eigenvalue weighted by atomic mass is 10.1. The van der Waals surface area contributed by atoms with Gasteiger partial charge in [0, 0.05) is 22.0 Å². The van der Waals surface area contributed by atoms with E-state index >= 15 is 0 Å². The third kappa shape index (κ3) is 3.01. The molecule has 2 aromatic carbocycles. The lowest BCUT2D eigenvalue weighted by Crippen LogP contribution is -2.05. The van der Waals surface area contributed by atoms with Crippen LogP contribution in [0.1, 0.15) is 0 Å². The van der Waals surface area contributed by atoms with Gasteiger partial charge in [0.2, 0.25) is 0 Å². The Labute approximate surface area is 142 Å². The molecular formula is C15H9BrN4O4. The molecule has 0 atom stereocenters. The molecule has 0 aliphatic rings. The van der Waals surface area contributed by atoms with Gasteiger partial charge < -0.3 is 10.1 Å². The van der Waals surface area contributed by atoms with Gasteiger partial charge in [-0.15, -0.1) is 5.11 Å². The van der Waals surface area contributed by atoms with Crippen molar-refractivity contribution in [1.82, 2.24) is 4.98 Å². The van der Waals surface area contributed by atoms with E-state index < -0.39 is 10.5 Å². The summed E-state index contributed by atoms with van der Waals surface area (Å²) < 4.78 is 0.870. The first-order valence-corrected chi connectivity index (χ1v) is 7.46. The minimum Gasteiger partial charge on any atom is -0.505 e. The van der Waals surface area contributed by atoms with E-state index in [-0.39, 0.29) is 28.0 Å². The number of rotatable bonds is 3. The summed E-state index contributed by atoms with van der Waals surface area (Å²) in [6, 6.07) is 10.6. The van der Waals surface area contributed by atoms with Crippen molar-refractivity contribution in [2.75, 3.05) is 0 Å². The molecule has 0 aliphatic carbocycles. The second-order valence-electron chi connectivity index (χ2n) is 4.81. The summed E-state index contributed by atoms with van der Waals surface area (Å²) in [6.45, 7) is 0. The van der Waals surface area contributed by atoms with E-state index in [0.29, 0.717) is 5.69 Å². The van der Waals surface area contributed by atoms with Crippen LogP contribution in [0.25, 0.3) is 10.9 Å². The number of benzene rings is 2. The molecule has 3 rings (SSSR count). The number of non-ortho nitro benzene ring substituents is 1. The normalized spacial score (nSPS) is 11.2. The number of aromatic hydroxyl groups is 1. The smallest absolute Gasteiger partial charge is 0.280 e. The highest BCUT2D eigenvalue weighted by molar-refractivity contribution is 9.10. The van der Waals surface area contributed by atoms with E-state index in [1.807, 2.05) is 0 Å². The van der Waals surface area contributed by atoms with Crippen molar-refractivity contribution in [3.05, 3.63) is 67.4 Å². The standard InChI is InChI=1S/C15H9BrN4O4/c16-8-1-3-9(4-2-8)18-19-13-14(21)11-6-5-10(20(23)24)7-12(11)17-15(13)22/h1-7H,(H2,17,21,22). The molecule has 0 saturated carbocycles. The van der Waals surface area contributed by atoms with Crippen molar-refractivity contribution >= 4 is 43.9 Å². The quantitative estimate of drug-likeness (QED) is 0.394. The highest BCUT2D eigenvalue weighted by Gasteiger charge is 2.14. The SMILES string of the molecule is O=c1[nH]c2cc([N+](=O)[O-])ccc2c(O)c1N=Nc1ccc(Br)cc1. The van der Waals surface area contributed by atoms with Gasteiger partial charge in [-0.25, -0.2) is 0 Å².